The third-order valence-electron chi connectivity index (χ3n) is 3.18. The number of alkyl halides is 1. The van der Waals surface area contributed by atoms with Crippen LogP contribution >= 0.6 is 35.1 Å². The van der Waals surface area contributed by atoms with E-state index in [0.29, 0.717) is 16.6 Å². The van der Waals surface area contributed by atoms with E-state index < -0.39 is 0 Å². The van der Waals surface area contributed by atoms with Crippen molar-refractivity contribution in [2.24, 2.45) is 0 Å². The van der Waals surface area contributed by atoms with Gasteiger partial charge in [-0.15, -0.1) is 11.6 Å². The summed E-state index contributed by atoms with van der Waals surface area (Å²) >= 11 is 9.98. The second-order valence-corrected chi connectivity index (χ2v) is 7.30. The molecule has 2 nitrogen and oxygen atoms in total. The van der Waals surface area contributed by atoms with Crippen LogP contribution in [0.2, 0.25) is 0 Å². The summed E-state index contributed by atoms with van der Waals surface area (Å²) in [6.45, 7) is 0.905. The molecule has 0 N–H and O–H groups in total. The number of fused-ring (bicyclic) bond motifs is 1. The smallest absolute Gasteiger partial charge is 0.125 e. The number of halogens is 2. The van der Waals surface area contributed by atoms with Crippen LogP contribution in [0.25, 0.3) is 11.0 Å². The number of hydrogen-bond donors (Lipinski definition) is 0. The van der Waals surface area contributed by atoms with Crippen LogP contribution < -0.4 is 0 Å². The monoisotopic (exact) mass is 316 g/mol. The zero-order chi connectivity index (χ0) is 13.2. The molecular weight excluding hydrogens is 303 g/mol. The topological polar surface area (TPSA) is 17.8 Å². The molecule has 1 fully saturated rings. The second-order valence-electron chi connectivity index (χ2n) is 4.47. The van der Waals surface area contributed by atoms with Crippen LogP contribution in [0.4, 0.5) is 4.39 Å². The Labute approximate surface area is 125 Å². The fourth-order valence-corrected chi connectivity index (χ4v) is 5.16. The maximum Gasteiger partial charge on any atom is 0.125 e. The van der Waals surface area contributed by atoms with Gasteiger partial charge in [0.05, 0.1) is 16.9 Å². The maximum atomic E-state index is 13.3. The van der Waals surface area contributed by atoms with Gasteiger partial charge < -0.3 is 4.57 Å². The van der Waals surface area contributed by atoms with E-state index in [1.165, 1.54) is 23.6 Å². The molecule has 19 heavy (non-hydrogen) atoms. The predicted molar refractivity (Wildman–Crippen MR) is 82.8 cm³/mol. The molecule has 0 amide bonds. The van der Waals surface area contributed by atoms with Crippen molar-refractivity contribution < 1.29 is 4.39 Å². The maximum absolute atomic E-state index is 13.3. The third-order valence-corrected chi connectivity index (χ3v) is 6.25. The molecule has 6 heteroatoms. The van der Waals surface area contributed by atoms with Crippen molar-refractivity contribution in [2.45, 2.75) is 17.7 Å². The Morgan fingerprint density at radius 2 is 2.32 bits per heavy atom. The average Bonchev–Trinajstić information content (AvgIpc) is 2.77. The molecular formula is C13H14ClFN2S2. The molecule has 3 rings (SSSR count). The summed E-state index contributed by atoms with van der Waals surface area (Å²) < 4.78 is 15.4. The van der Waals surface area contributed by atoms with Crippen LogP contribution in [0.5, 0.6) is 0 Å². The fourth-order valence-electron chi connectivity index (χ4n) is 2.30. The number of nitrogens with zero attached hydrogens (tertiary/aromatic N) is 2. The van der Waals surface area contributed by atoms with Gasteiger partial charge >= 0.3 is 0 Å². The molecule has 1 saturated heterocycles. The van der Waals surface area contributed by atoms with E-state index in [-0.39, 0.29) is 5.82 Å². The van der Waals surface area contributed by atoms with Gasteiger partial charge in [-0.3, -0.25) is 0 Å². The standard InChI is InChI=1S/C13H14ClFN2S2/c14-6-13-16-11-5-9(15)1-2-12(11)17(13)7-10-8-18-3-4-19-10/h1-2,5,10H,3-4,6-8H2. The van der Waals surface area contributed by atoms with Crippen molar-refractivity contribution in [3.8, 4) is 0 Å². The predicted octanol–water partition coefficient (Wildman–Crippen LogP) is 3.76. The second kappa shape index (κ2) is 5.94. The Kier molecular flexibility index (Phi) is 4.24. The van der Waals surface area contributed by atoms with Crippen molar-refractivity contribution >= 4 is 46.2 Å². The lowest BCUT2D eigenvalue weighted by Crippen LogP contribution is -2.21. The highest BCUT2D eigenvalue weighted by Crippen LogP contribution is 2.27. The van der Waals surface area contributed by atoms with Gasteiger partial charge in [0.15, 0.2) is 0 Å². The van der Waals surface area contributed by atoms with E-state index in [1.54, 1.807) is 6.07 Å². The van der Waals surface area contributed by atoms with Gasteiger partial charge in [0.2, 0.25) is 0 Å². The normalized spacial score (nSPS) is 20.0. The summed E-state index contributed by atoms with van der Waals surface area (Å²) in [4.78, 5) is 4.43. The minimum atomic E-state index is -0.249. The van der Waals surface area contributed by atoms with E-state index in [0.717, 1.165) is 23.6 Å². The molecule has 1 aliphatic heterocycles. The number of benzene rings is 1. The van der Waals surface area contributed by atoms with Gasteiger partial charge in [-0.25, -0.2) is 9.37 Å². The van der Waals surface area contributed by atoms with Crippen molar-refractivity contribution in [3.05, 3.63) is 29.8 Å². The molecule has 2 heterocycles. The number of aromatic nitrogens is 2. The van der Waals surface area contributed by atoms with Gasteiger partial charge in [0.25, 0.3) is 0 Å². The SMILES string of the molecule is Fc1ccc2c(c1)nc(CCl)n2CC1CSCCS1. The zero-order valence-corrected chi connectivity index (χ0v) is 12.7. The highest BCUT2D eigenvalue weighted by Gasteiger charge is 2.18. The van der Waals surface area contributed by atoms with Gasteiger partial charge in [-0.05, 0) is 12.1 Å². The van der Waals surface area contributed by atoms with Crippen molar-refractivity contribution in [2.75, 3.05) is 17.3 Å². The van der Waals surface area contributed by atoms with Crippen LogP contribution in [-0.2, 0) is 12.4 Å². The Morgan fingerprint density at radius 1 is 1.42 bits per heavy atom. The van der Waals surface area contributed by atoms with E-state index in [1.807, 2.05) is 23.5 Å². The zero-order valence-electron chi connectivity index (χ0n) is 10.3. The number of imidazole rings is 1. The Balaban J connectivity index is 1.95. The molecule has 0 radical (unpaired) electrons. The molecule has 0 saturated carbocycles. The van der Waals surface area contributed by atoms with Crippen molar-refractivity contribution in [3.63, 3.8) is 0 Å². The van der Waals surface area contributed by atoms with Crippen LogP contribution in [-0.4, -0.2) is 32.1 Å². The number of thioether (sulfide) groups is 2. The minimum Gasteiger partial charge on any atom is -0.326 e. The molecule has 2 aromatic rings. The first kappa shape index (κ1) is 13.6. The first-order valence-corrected chi connectivity index (χ1v) is 8.91. The van der Waals surface area contributed by atoms with Crippen LogP contribution in [0.15, 0.2) is 18.2 Å². The van der Waals surface area contributed by atoms with E-state index in [4.69, 9.17) is 11.6 Å². The first-order valence-electron chi connectivity index (χ1n) is 6.18. The Bertz CT molecular complexity index is 581. The highest BCUT2D eigenvalue weighted by atomic mass is 35.5. The lowest BCUT2D eigenvalue weighted by molar-refractivity contribution is 0.629. The van der Waals surface area contributed by atoms with Gasteiger partial charge in [-0.1, -0.05) is 0 Å². The summed E-state index contributed by atoms with van der Waals surface area (Å²) in [6, 6.07) is 4.76. The highest BCUT2D eigenvalue weighted by molar-refractivity contribution is 8.06. The quantitative estimate of drug-likeness (QED) is 0.803. The minimum absolute atomic E-state index is 0.249. The van der Waals surface area contributed by atoms with Crippen molar-refractivity contribution in [1.82, 2.24) is 9.55 Å². The Morgan fingerprint density at radius 3 is 3.05 bits per heavy atom. The molecule has 0 spiro atoms. The number of rotatable bonds is 3. The molecule has 0 aliphatic carbocycles. The van der Waals surface area contributed by atoms with Gasteiger partial charge in [0.1, 0.15) is 11.6 Å². The third kappa shape index (κ3) is 2.88. The summed E-state index contributed by atoms with van der Waals surface area (Å²) in [5, 5.41) is 0.586. The molecule has 1 atom stereocenters. The van der Waals surface area contributed by atoms with Crippen LogP contribution in [0, 0.1) is 5.82 Å². The van der Waals surface area contributed by atoms with E-state index in [9.17, 15) is 4.39 Å². The van der Waals surface area contributed by atoms with Crippen LogP contribution in [0.1, 0.15) is 5.82 Å². The summed E-state index contributed by atoms with van der Waals surface area (Å²) in [5.74, 6) is 4.54. The van der Waals surface area contributed by atoms with Gasteiger partial charge in [-0.2, -0.15) is 23.5 Å². The molecule has 102 valence electrons. The molecule has 1 aromatic carbocycles. The molecule has 0 bridgehead atoms. The molecule has 1 aliphatic rings. The summed E-state index contributed by atoms with van der Waals surface area (Å²) in [7, 11) is 0. The largest absolute Gasteiger partial charge is 0.326 e. The van der Waals surface area contributed by atoms with Crippen LogP contribution in [0.3, 0.4) is 0 Å². The Hall–Kier alpha value is -0.390. The molecule has 1 aromatic heterocycles. The average molecular weight is 317 g/mol. The fraction of sp³-hybridized carbons (Fsp3) is 0.462. The van der Waals surface area contributed by atoms with E-state index >= 15 is 0 Å². The first-order chi connectivity index (χ1) is 9.28. The summed E-state index contributed by atoms with van der Waals surface area (Å²) in [6.07, 6.45) is 0. The van der Waals surface area contributed by atoms with E-state index in [2.05, 4.69) is 9.55 Å². The molecule has 1 unspecified atom stereocenters. The van der Waals surface area contributed by atoms with Gasteiger partial charge in [0, 0.05) is 35.1 Å². The lowest BCUT2D eigenvalue weighted by atomic mass is 10.3. The van der Waals surface area contributed by atoms with Crippen molar-refractivity contribution in [1.29, 1.82) is 0 Å². The lowest BCUT2D eigenvalue weighted by Gasteiger charge is -2.22. The number of hydrogen-bond acceptors (Lipinski definition) is 3. The summed E-state index contributed by atoms with van der Waals surface area (Å²) in [5.41, 5.74) is 1.68.